The van der Waals surface area contributed by atoms with E-state index in [9.17, 15) is 9.59 Å². The molecule has 1 amide bonds. The molecular weight excluding hydrogens is 242 g/mol. The molecule has 0 aliphatic heterocycles. The molecule has 2 N–H and O–H groups in total. The maximum Gasteiger partial charge on any atom is 0.322 e. The number of hydrogen-bond donors (Lipinski definition) is 2. The molecule has 2 saturated carbocycles. The summed E-state index contributed by atoms with van der Waals surface area (Å²) in [7, 11) is 0. The molecule has 108 valence electrons. The Balaban J connectivity index is 1.99. The van der Waals surface area contributed by atoms with Crippen molar-refractivity contribution in [1.29, 1.82) is 0 Å². The predicted octanol–water partition coefficient (Wildman–Crippen LogP) is 2.57. The highest BCUT2D eigenvalue weighted by molar-refractivity contribution is 5.81. The van der Waals surface area contributed by atoms with Crippen molar-refractivity contribution < 1.29 is 14.7 Å². The van der Waals surface area contributed by atoms with E-state index in [4.69, 9.17) is 5.11 Å². The van der Waals surface area contributed by atoms with Gasteiger partial charge < -0.3 is 10.4 Å². The molecule has 0 radical (unpaired) electrons. The molecule has 4 heteroatoms. The fourth-order valence-corrected chi connectivity index (χ4v) is 4.98. The van der Waals surface area contributed by atoms with Crippen LogP contribution >= 0.6 is 0 Å². The van der Waals surface area contributed by atoms with Crippen molar-refractivity contribution in [2.45, 2.75) is 59.3 Å². The highest BCUT2D eigenvalue weighted by Gasteiger charge is 2.53. The zero-order valence-electron chi connectivity index (χ0n) is 12.2. The van der Waals surface area contributed by atoms with Crippen LogP contribution in [0.1, 0.15) is 59.3 Å². The highest BCUT2D eigenvalue weighted by Crippen LogP contribution is 2.64. The third-order valence-corrected chi connectivity index (χ3v) is 4.92. The van der Waals surface area contributed by atoms with E-state index < -0.39 is 5.97 Å². The minimum atomic E-state index is -0.985. The van der Waals surface area contributed by atoms with Gasteiger partial charge in [-0.1, -0.05) is 20.8 Å². The molecule has 2 unspecified atom stereocenters. The van der Waals surface area contributed by atoms with E-state index in [1.807, 2.05) is 0 Å². The summed E-state index contributed by atoms with van der Waals surface area (Å²) in [4.78, 5) is 22.4. The molecule has 19 heavy (non-hydrogen) atoms. The second kappa shape index (κ2) is 4.50. The van der Waals surface area contributed by atoms with E-state index in [-0.39, 0.29) is 17.9 Å². The van der Waals surface area contributed by atoms with Crippen LogP contribution in [0.15, 0.2) is 0 Å². The molecule has 2 rings (SSSR count). The van der Waals surface area contributed by atoms with Crippen molar-refractivity contribution in [3.8, 4) is 0 Å². The molecular formula is C15H25NO3. The van der Waals surface area contributed by atoms with E-state index in [0.717, 1.165) is 12.8 Å². The fourth-order valence-electron chi connectivity index (χ4n) is 4.98. The summed E-state index contributed by atoms with van der Waals surface area (Å²) in [6.07, 6.45) is 6.40. The molecule has 2 aliphatic carbocycles. The summed E-state index contributed by atoms with van der Waals surface area (Å²) >= 11 is 0. The number of rotatable bonds is 4. The summed E-state index contributed by atoms with van der Waals surface area (Å²) in [6.45, 7) is 6.59. The molecule has 0 aromatic rings. The van der Waals surface area contributed by atoms with Crippen LogP contribution in [0, 0.1) is 16.2 Å². The van der Waals surface area contributed by atoms with E-state index in [0.29, 0.717) is 17.3 Å². The van der Waals surface area contributed by atoms with Gasteiger partial charge in [-0.2, -0.15) is 0 Å². The van der Waals surface area contributed by atoms with Crippen molar-refractivity contribution in [2.24, 2.45) is 16.2 Å². The third kappa shape index (κ3) is 3.28. The highest BCUT2D eigenvalue weighted by atomic mass is 16.4. The molecule has 0 heterocycles. The average molecular weight is 267 g/mol. The first kappa shape index (κ1) is 14.4. The van der Waals surface area contributed by atoms with Gasteiger partial charge in [0.15, 0.2) is 0 Å². The normalized spacial score (nSPS) is 41.0. The van der Waals surface area contributed by atoms with Gasteiger partial charge in [-0.05, 0) is 48.3 Å². The summed E-state index contributed by atoms with van der Waals surface area (Å²) in [5.74, 6) is -1.11. The Kier molecular flexibility index (Phi) is 3.40. The van der Waals surface area contributed by atoms with Crippen molar-refractivity contribution >= 4 is 11.9 Å². The van der Waals surface area contributed by atoms with Gasteiger partial charge in [0, 0.05) is 6.42 Å². The Bertz CT molecular complexity index is 388. The van der Waals surface area contributed by atoms with Gasteiger partial charge in [0.1, 0.15) is 6.54 Å². The molecule has 2 aliphatic rings. The number of aliphatic carboxylic acids is 1. The first-order chi connectivity index (χ1) is 8.64. The topological polar surface area (TPSA) is 66.4 Å². The molecule has 2 atom stereocenters. The van der Waals surface area contributed by atoms with Crippen LogP contribution in [-0.4, -0.2) is 23.5 Å². The lowest BCUT2D eigenvalue weighted by molar-refractivity contribution is -0.138. The molecule has 0 aromatic heterocycles. The lowest BCUT2D eigenvalue weighted by Gasteiger charge is -2.47. The quantitative estimate of drug-likeness (QED) is 0.822. The Hall–Kier alpha value is -1.06. The van der Waals surface area contributed by atoms with Crippen LogP contribution in [0.25, 0.3) is 0 Å². The molecule has 0 saturated heterocycles. The Morgan fingerprint density at radius 3 is 2.05 bits per heavy atom. The van der Waals surface area contributed by atoms with Crippen LogP contribution in [0.5, 0.6) is 0 Å². The number of nitrogens with one attached hydrogen (secondary N) is 1. The molecule has 4 nitrogen and oxygen atoms in total. The zero-order chi connectivity index (χ0) is 14.3. The Morgan fingerprint density at radius 1 is 1.05 bits per heavy atom. The smallest absolute Gasteiger partial charge is 0.322 e. The largest absolute Gasteiger partial charge is 0.480 e. The summed E-state index contributed by atoms with van der Waals surface area (Å²) in [6, 6.07) is 0. The van der Waals surface area contributed by atoms with Gasteiger partial charge in [0.2, 0.25) is 5.91 Å². The minimum Gasteiger partial charge on any atom is -0.480 e. The number of fused-ring (bicyclic) bond motifs is 2. The number of carboxylic acid groups (broad SMARTS) is 1. The predicted molar refractivity (Wildman–Crippen MR) is 72.7 cm³/mol. The monoisotopic (exact) mass is 267 g/mol. The first-order valence-electron chi connectivity index (χ1n) is 7.12. The summed E-state index contributed by atoms with van der Waals surface area (Å²) in [5.41, 5.74) is 0.754. The number of amides is 1. The first-order valence-corrected chi connectivity index (χ1v) is 7.12. The van der Waals surface area contributed by atoms with E-state index >= 15 is 0 Å². The van der Waals surface area contributed by atoms with E-state index in [2.05, 4.69) is 26.1 Å². The number of carbonyl (C=O) groups excluding carboxylic acids is 1. The molecule has 2 fully saturated rings. The molecule has 2 bridgehead atoms. The van der Waals surface area contributed by atoms with Gasteiger partial charge in [-0.25, -0.2) is 0 Å². The SMILES string of the molecule is CC12CCC(C)(C1)CC(C)(CC(=O)NCC(=O)O)C2. The van der Waals surface area contributed by atoms with E-state index in [1.54, 1.807) is 0 Å². The van der Waals surface area contributed by atoms with Crippen LogP contribution in [-0.2, 0) is 9.59 Å². The number of carbonyl (C=O) groups is 2. The van der Waals surface area contributed by atoms with Gasteiger partial charge in [-0.3, -0.25) is 9.59 Å². The maximum atomic E-state index is 11.9. The Labute approximate surface area is 115 Å². The lowest BCUT2D eigenvalue weighted by atomic mass is 9.58. The zero-order valence-corrected chi connectivity index (χ0v) is 12.2. The summed E-state index contributed by atoms with van der Waals surface area (Å²) < 4.78 is 0. The van der Waals surface area contributed by atoms with Crippen LogP contribution in [0.4, 0.5) is 0 Å². The summed E-state index contributed by atoms with van der Waals surface area (Å²) in [5, 5.41) is 11.1. The second-order valence-corrected chi connectivity index (χ2v) is 7.81. The third-order valence-electron chi connectivity index (χ3n) is 4.92. The van der Waals surface area contributed by atoms with E-state index in [1.165, 1.54) is 19.3 Å². The van der Waals surface area contributed by atoms with Gasteiger partial charge in [0.05, 0.1) is 0 Å². The molecule has 0 spiro atoms. The van der Waals surface area contributed by atoms with Crippen molar-refractivity contribution in [3.63, 3.8) is 0 Å². The molecule has 0 aromatic carbocycles. The standard InChI is InChI=1S/C15H25NO3/c1-13-4-5-14(2,8-13)10-15(3,9-13)6-11(17)16-7-12(18)19/h4-10H2,1-3H3,(H,16,17)(H,18,19). The van der Waals surface area contributed by atoms with Crippen molar-refractivity contribution in [2.75, 3.05) is 6.54 Å². The fraction of sp³-hybridized carbons (Fsp3) is 0.867. The van der Waals surface area contributed by atoms with Gasteiger partial charge in [-0.15, -0.1) is 0 Å². The minimum absolute atomic E-state index is 0.0147. The van der Waals surface area contributed by atoms with Crippen LogP contribution < -0.4 is 5.32 Å². The lowest BCUT2D eigenvalue weighted by Crippen LogP contribution is -2.40. The maximum absolute atomic E-state index is 11.9. The van der Waals surface area contributed by atoms with Crippen LogP contribution in [0.3, 0.4) is 0 Å². The van der Waals surface area contributed by atoms with Gasteiger partial charge >= 0.3 is 5.97 Å². The van der Waals surface area contributed by atoms with Crippen molar-refractivity contribution in [1.82, 2.24) is 5.32 Å². The van der Waals surface area contributed by atoms with Crippen LogP contribution in [0.2, 0.25) is 0 Å². The van der Waals surface area contributed by atoms with Crippen molar-refractivity contribution in [3.05, 3.63) is 0 Å². The average Bonchev–Trinajstić information content (AvgIpc) is 2.44. The van der Waals surface area contributed by atoms with Gasteiger partial charge in [0.25, 0.3) is 0 Å². The number of hydrogen-bond acceptors (Lipinski definition) is 2. The second-order valence-electron chi connectivity index (χ2n) is 7.81. The Morgan fingerprint density at radius 2 is 1.58 bits per heavy atom. The number of carboxylic acids is 1.